The van der Waals surface area contributed by atoms with E-state index in [0.29, 0.717) is 17.5 Å². The Bertz CT molecular complexity index is 2150. The number of benzene rings is 3. The fourth-order valence-corrected chi connectivity index (χ4v) is 6.81. The van der Waals surface area contributed by atoms with Crippen molar-refractivity contribution in [2.24, 2.45) is 0 Å². The van der Waals surface area contributed by atoms with Gasteiger partial charge in [0.2, 0.25) is 5.71 Å². The summed E-state index contributed by atoms with van der Waals surface area (Å²) >= 11 is 0. The molecule has 0 saturated heterocycles. The first-order chi connectivity index (χ1) is 24.1. The molecule has 0 aliphatic rings. The molecule has 4 aromatic heterocycles. The largest absolute Gasteiger partial charge is 0.486 e. The van der Waals surface area contributed by atoms with Crippen molar-refractivity contribution in [1.29, 1.82) is 0 Å². The van der Waals surface area contributed by atoms with Gasteiger partial charge in [-0.1, -0.05) is 95.8 Å². The molecule has 0 aliphatic heterocycles. The molecule has 51 heavy (non-hydrogen) atoms. The van der Waals surface area contributed by atoms with Gasteiger partial charge in [0, 0.05) is 43.4 Å². The van der Waals surface area contributed by atoms with Gasteiger partial charge in [-0.3, -0.25) is 0 Å². The smallest absolute Gasteiger partial charge is 0.216 e. The van der Waals surface area contributed by atoms with Crippen LogP contribution in [0.5, 0.6) is 0 Å². The number of furan rings is 1. The predicted molar refractivity (Wildman–Crippen MR) is 208 cm³/mol. The Morgan fingerprint density at radius 3 is 2.08 bits per heavy atom. The summed E-state index contributed by atoms with van der Waals surface area (Å²) in [7, 11) is 0. The number of aromatic nitrogens is 3. The van der Waals surface area contributed by atoms with Crippen LogP contribution in [-0.2, 0) is 25.5 Å². The van der Waals surface area contributed by atoms with Crippen LogP contribution in [0.3, 0.4) is 0 Å². The Morgan fingerprint density at radius 1 is 0.725 bits per heavy atom. The minimum Gasteiger partial charge on any atom is -0.486 e. The van der Waals surface area contributed by atoms with E-state index < -0.39 is 0 Å². The normalized spacial score (nSPS) is 11.5. The molecule has 0 N–H and O–H groups in total. The molecule has 0 unspecified atom stereocenters. The monoisotopic (exact) mass is 850 g/mol. The summed E-state index contributed by atoms with van der Waals surface area (Å²) in [5.41, 5.74) is 12.8. The zero-order valence-electron chi connectivity index (χ0n) is 31.0. The van der Waals surface area contributed by atoms with Gasteiger partial charge in [0.15, 0.2) is 0 Å². The molecule has 263 valence electrons. The maximum absolute atomic E-state index is 6.53. The van der Waals surface area contributed by atoms with Crippen molar-refractivity contribution in [3.63, 3.8) is 0 Å². The molecule has 0 bridgehead atoms. The molecule has 0 spiro atoms. The molecule has 4 heterocycles. The molecule has 0 fully saturated rings. The van der Waals surface area contributed by atoms with Gasteiger partial charge >= 0.3 is 0 Å². The number of pyridine rings is 3. The van der Waals surface area contributed by atoms with Gasteiger partial charge in [0.25, 0.3) is 0 Å². The third-order valence-corrected chi connectivity index (χ3v) is 10.1. The average Bonchev–Trinajstić information content (AvgIpc) is 3.53. The van der Waals surface area contributed by atoms with E-state index in [9.17, 15) is 0 Å². The molecule has 7 aromatic rings. The SMILES string of the molecule is CCC(C)(CC)c1cc(-c2[c-]ccc3c2oc2nc(-c4c(C(C)C)cccc4C(C)C)ccc23)ncc1C.[Ir].[c-]1ccccc1-c1ccccn1. The van der Waals surface area contributed by atoms with Crippen LogP contribution in [0.1, 0.15) is 95.4 Å². The van der Waals surface area contributed by atoms with Crippen LogP contribution in [-0.4, -0.2) is 15.0 Å². The van der Waals surface area contributed by atoms with Crippen LogP contribution in [0.4, 0.5) is 0 Å². The molecule has 5 heteroatoms. The summed E-state index contributed by atoms with van der Waals surface area (Å²) in [6, 6.07) is 37.5. The predicted octanol–water partition coefficient (Wildman–Crippen LogP) is 12.7. The van der Waals surface area contributed by atoms with Gasteiger partial charge in [-0.05, 0) is 88.9 Å². The van der Waals surface area contributed by atoms with E-state index in [1.165, 1.54) is 27.8 Å². The maximum atomic E-state index is 6.53. The second kappa shape index (κ2) is 16.3. The van der Waals surface area contributed by atoms with Crippen molar-refractivity contribution in [2.75, 3.05) is 0 Å². The number of aryl methyl sites for hydroxylation is 1. The molecule has 0 amide bonds. The van der Waals surface area contributed by atoms with Crippen LogP contribution >= 0.6 is 0 Å². The third kappa shape index (κ3) is 7.76. The summed E-state index contributed by atoms with van der Waals surface area (Å²) < 4.78 is 6.53. The minimum atomic E-state index is 0. The van der Waals surface area contributed by atoms with Crippen LogP contribution in [0, 0.1) is 19.1 Å². The first-order valence-electron chi connectivity index (χ1n) is 17.9. The Kier molecular flexibility index (Phi) is 12.1. The van der Waals surface area contributed by atoms with Crippen LogP contribution in [0.15, 0.2) is 108 Å². The van der Waals surface area contributed by atoms with E-state index in [0.717, 1.165) is 57.4 Å². The van der Waals surface area contributed by atoms with Crippen molar-refractivity contribution in [2.45, 2.75) is 85.5 Å². The first-order valence-corrected chi connectivity index (χ1v) is 17.9. The molecule has 4 nitrogen and oxygen atoms in total. The van der Waals surface area contributed by atoms with Gasteiger partial charge < -0.3 is 14.4 Å². The Hall–Kier alpha value is -4.44. The number of nitrogens with zero attached hydrogens (tertiary/aromatic N) is 3. The summed E-state index contributed by atoms with van der Waals surface area (Å²) in [5, 5.41) is 2.07. The van der Waals surface area contributed by atoms with Gasteiger partial charge in [0.1, 0.15) is 0 Å². The number of hydrogen-bond acceptors (Lipinski definition) is 4. The fraction of sp³-hybridized carbons (Fsp3) is 0.283. The summed E-state index contributed by atoms with van der Waals surface area (Å²) in [4.78, 5) is 14.1. The number of hydrogen-bond donors (Lipinski definition) is 0. The van der Waals surface area contributed by atoms with E-state index in [1.807, 2.05) is 54.7 Å². The fourth-order valence-electron chi connectivity index (χ4n) is 6.81. The van der Waals surface area contributed by atoms with Gasteiger partial charge in [-0.15, -0.1) is 54.1 Å². The molecule has 0 atom stereocenters. The Labute approximate surface area is 317 Å². The average molecular weight is 850 g/mol. The first kappa shape index (κ1) is 37.8. The molecule has 1 radical (unpaired) electrons. The molecule has 0 saturated carbocycles. The van der Waals surface area contributed by atoms with E-state index >= 15 is 0 Å². The molecule has 7 rings (SSSR count). The quantitative estimate of drug-likeness (QED) is 0.143. The molecule has 3 aromatic carbocycles. The van der Waals surface area contributed by atoms with E-state index in [2.05, 4.69) is 115 Å². The van der Waals surface area contributed by atoms with Crippen LogP contribution < -0.4 is 0 Å². The van der Waals surface area contributed by atoms with Gasteiger partial charge in [0.05, 0.1) is 11.3 Å². The van der Waals surface area contributed by atoms with Crippen molar-refractivity contribution in [3.8, 4) is 33.8 Å². The standard InChI is InChI=1S/C35H39N2O.C11H8N.Ir/c1-9-35(8,10-2)29-19-31(36-20-23(29)7)28-16-12-15-26-27-17-18-30(37-34(27)38-33(26)28)32-24(21(3)4)13-11-14-25(32)22(5)6;1-2-6-10(7-3-1)11-8-4-5-9-12-11;/h11-15,17-22H,9-10H2,1-8H3;1-6,8-9H;/q2*-1;. The molecular formula is C46H47IrN3O-2. The zero-order chi connectivity index (χ0) is 35.4. The van der Waals surface area contributed by atoms with Crippen LogP contribution in [0.2, 0.25) is 0 Å². The molecule has 0 aliphatic carbocycles. The van der Waals surface area contributed by atoms with Gasteiger partial charge in [-0.25, -0.2) is 4.98 Å². The zero-order valence-corrected chi connectivity index (χ0v) is 33.4. The van der Waals surface area contributed by atoms with Crippen molar-refractivity contribution in [3.05, 3.63) is 138 Å². The van der Waals surface area contributed by atoms with E-state index in [-0.39, 0.29) is 25.5 Å². The van der Waals surface area contributed by atoms with Crippen molar-refractivity contribution in [1.82, 2.24) is 15.0 Å². The van der Waals surface area contributed by atoms with Crippen LogP contribution in [0.25, 0.3) is 55.8 Å². The molecular weight excluding hydrogens is 803 g/mol. The second-order valence-electron chi connectivity index (χ2n) is 14.0. The topological polar surface area (TPSA) is 51.8 Å². The maximum Gasteiger partial charge on any atom is 0.216 e. The van der Waals surface area contributed by atoms with Gasteiger partial charge in [-0.2, -0.15) is 0 Å². The summed E-state index contributed by atoms with van der Waals surface area (Å²) in [6.45, 7) is 18.0. The third-order valence-electron chi connectivity index (χ3n) is 10.1. The Balaban J connectivity index is 0.000000327. The minimum absolute atomic E-state index is 0. The number of fused-ring (bicyclic) bond motifs is 3. The van der Waals surface area contributed by atoms with E-state index in [4.69, 9.17) is 14.4 Å². The van der Waals surface area contributed by atoms with Crippen molar-refractivity contribution >= 4 is 22.1 Å². The second-order valence-corrected chi connectivity index (χ2v) is 14.0. The Morgan fingerprint density at radius 2 is 1.45 bits per heavy atom. The summed E-state index contributed by atoms with van der Waals surface area (Å²) in [5.74, 6) is 0.800. The van der Waals surface area contributed by atoms with E-state index in [1.54, 1.807) is 6.20 Å². The summed E-state index contributed by atoms with van der Waals surface area (Å²) in [6.07, 6.45) is 5.94. The van der Waals surface area contributed by atoms with Crippen molar-refractivity contribution < 1.29 is 24.5 Å². The number of rotatable bonds is 8.